The van der Waals surface area contributed by atoms with Crippen LogP contribution >= 0.6 is 11.6 Å². The minimum absolute atomic E-state index is 0.282. The maximum Gasteiger partial charge on any atom is 0.243 e. The molecule has 21 heavy (non-hydrogen) atoms. The van der Waals surface area contributed by atoms with Crippen molar-refractivity contribution in [3.63, 3.8) is 0 Å². The lowest BCUT2D eigenvalue weighted by atomic mass is 10.2. The van der Waals surface area contributed by atoms with Gasteiger partial charge in [0.05, 0.1) is 35.9 Å². The van der Waals surface area contributed by atoms with E-state index < -0.39 is 16.1 Å². The average Bonchev–Trinajstić information content (AvgIpc) is 2.42. The van der Waals surface area contributed by atoms with Crippen LogP contribution < -0.4 is 15.4 Å². The molecule has 1 aliphatic heterocycles. The van der Waals surface area contributed by atoms with Crippen LogP contribution in [0.2, 0.25) is 5.02 Å². The van der Waals surface area contributed by atoms with E-state index in [1.165, 1.54) is 18.2 Å². The Labute approximate surface area is 128 Å². The van der Waals surface area contributed by atoms with Crippen molar-refractivity contribution in [2.24, 2.45) is 0 Å². The van der Waals surface area contributed by atoms with E-state index in [-0.39, 0.29) is 12.5 Å². The van der Waals surface area contributed by atoms with Crippen molar-refractivity contribution in [1.82, 2.24) is 5.32 Å². The summed E-state index contributed by atoms with van der Waals surface area (Å²) in [6.07, 6.45) is 1.04. The molecule has 116 valence electrons. The van der Waals surface area contributed by atoms with Crippen LogP contribution in [0.15, 0.2) is 18.2 Å². The standard InChI is InChI=1S/C12H16ClN3O4S/c1-21(18,19)16-8-2-3-9(13)10(6-8)15-12(17)11-7-20-5-4-14-11/h2-3,6,11,14,16H,4-5,7H2,1H3,(H,15,17). The summed E-state index contributed by atoms with van der Waals surface area (Å²) in [6.45, 7) is 1.45. The Morgan fingerprint density at radius 2 is 2.24 bits per heavy atom. The van der Waals surface area contributed by atoms with Crippen molar-refractivity contribution in [3.8, 4) is 0 Å². The first-order chi connectivity index (χ1) is 9.85. The van der Waals surface area contributed by atoms with Crippen molar-refractivity contribution in [2.45, 2.75) is 6.04 Å². The SMILES string of the molecule is CS(=O)(=O)Nc1ccc(Cl)c(NC(=O)C2COCCN2)c1. The summed E-state index contributed by atoms with van der Waals surface area (Å²) in [4.78, 5) is 12.1. The highest BCUT2D eigenvalue weighted by Gasteiger charge is 2.22. The van der Waals surface area contributed by atoms with Gasteiger partial charge >= 0.3 is 0 Å². The molecule has 1 amide bonds. The summed E-state index contributed by atoms with van der Waals surface area (Å²) in [5.41, 5.74) is 0.660. The molecular formula is C12H16ClN3O4S. The molecule has 7 nitrogen and oxygen atoms in total. The number of anilines is 2. The molecule has 1 aliphatic rings. The maximum atomic E-state index is 12.1. The van der Waals surface area contributed by atoms with Gasteiger partial charge in [0.1, 0.15) is 6.04 Å². The molecule has 0 bridgehead atoms. The molecule has 1 aromatic rings. The Balaban J connectivity index is 2.11. The van der Waals surface area contributed by atoms with E-state index in [0.717, 1.165) is 6.26 Å². The van der Waals surface area contributed by atoms with E-state index in [0.29, 0.717) is 29.5 Å². The molecule has 0 saturated carbocycles. The highest BCUT2D eigenvalue weighted by molar-refractivity contribution is 7.92. The summed E-state index contributed by atoms with van der Waals surface area (Å²) in [5.74, 6) is -0.284. The van der Waals surface area contributed by atoms with Gasteiger partial charge in [0, 0.05) is 6.54 Å². The second kappa shape index (κ2) is 6.61. The number of hydrogen-bond donors (Lipinski definition) is 3. The predicted octanol–water partition coefficient (Wildman–Crippen LogP) is 0.638. The van der Waals surface area contributed by atoms with Gasteiger partial charge in [-0.15, -0.1) is 0 Å². The summed E-state index contributed by atoms with van der Waals surface area (Å²) < 4.78 is 30.0. The smallest absolute Gasteiger partial charge is 0.243 e. The van der Waals surface area contributed by atoms with Gasteiger partial charge < -0.3 is 15.4 Å². The van der Waals surface area contributed by atoms with Crippen molar-refractivity contribution >= 4 is 38.9 Å². The van der Waals surface area contributed by atoms with E-state index in [4.69, 9.17) is 16.3 Å². The van der Waals surface area contributed by atoms with E-state index in [2.05, 4.69) is 15.4 Å². The van der Waals surface area contributed by atoms with Gasteiger partial charge in [-0.2, -0.15) is 0 Å². The fraction of sp³-hybridized carbons (Fsp3) is 0.417. The summed E-state index contributed by atoms with van der Waals surface area (Å²) in [5, 5.41) is 6.00. The fourth-order valence-electron chi connectivity index (χ4n) is 1.85. The number of carbonyl (C=O) groups excluding carboxylic acids is 1. The average molecular weight is 334 g/mol. The normalized spacial score (nSPS) is 19.0. The molecule has 1 aromatic carbocycles. The third-order valence-corrected chi connectivity index (χ3v) is 3.70. The second-order valence-electron chi connectivity index (χ2n) is 4.64. The Kier molecular flexibility index (Phi) is 5.04. The molecule has 9 heteroatoms. The van der Waals surface area contributed by atoms with Crippen LogP contribution in [0.5, 0.6) is 0 Å². The molecule has 2 rings (SSSR count). The van der Waals surface area contributed by atoms with Crippen molar-refractivity contribution in [3.05, 3.63) is 23.2 Å². The van der Waals surface area contributed by atoms with Gasteiger partial charge in [0.15, 0.2) is 0 Å². The van der Waals surface area contributed by atoms with Gasteiger partial charge in [0.25, 0.3) is 0 Å². The lowest BCUT2D eigenvalue weighted by molar-refractivity contribution is -0.120. The summed E-state index contributed by atoms with van der Waals surface area (Å²) in [7, 11) is -3.39. The molecule has 0 radical (unpaired) electrons. The summed E-state index contributed by atoms with van der Waals surface area (Å²) >= 11 is 6.01. The van der Waals surface area contributed by atoms with Crippen LogP contribution in [0.1, 0.15) is 0 Å². The van der Waals surface area contributed by atoms with Crippen LogP contribution in [-0.4, -0.2) is 46.4 Å². The first-order valence-corrected chi connectivity index (χ1v) is 8.51. The van der Waals surface area contributed by atoms with Crippen LogP contribution in [0, 0.1) is 0 Å². The lowest BCUT2D eigenvalue weighted by Gasteiger charge is -2.23. The topological polar surface area (TPSA) is 96.5 Å². The quantitative estimate of drug-likeness (QED) is 0.751. The number of rotatable bonds is 4. The van der Waals surface area contributed by atoms with Crippen LogP contribution in [-0.2, 0) is 19.6 Å². The molecule has 1 saturated heterocycles. The molecule has 0 aromatic heterocycles. The lowest BCUT2D eigenvalue weighted by Crippen LogP contribution is -2.48. The number of morpholine rings is 1. The van der Waals surface area contributed by atoms with Crippen LogP contribution in [0.25, 0.3) is 0 Å². The monoisotopic (exact) mass is 333 g/mol. The van der Waals surface area contributed by atoms with E-state index >= 15 is 0 Å². The number of nitrogens with one attached hydrogen (secondary N) is 3. The first kappa shape index (κ1) is 16.0. The van der Waals surface area contributed by atoms with Gasteiger partial charge in [-0.05, 0) is 18.2 Å². The largest absolute Gasteiger partial charge is 0.378 e. The number of benzene rings is 1. The van der Waals surface area contributed by atoms with Gasteiger partial charge in [-0.1, -0.05) is 11.6 Å². The molecular weight excluding hydrogens is 318 g/mol. The van der Waals surface area contributed by atoms with Crippen molar-refractivity contribution in [1.29, 1.82) is 0 Å². The van der Waals surface area contributed by atoms with Crippen molar-refractivity contribution in [2.75, 3.05) is 36.1 Å². The van der Waals surface area contributed by atoms with Gasteiger partial charge in [0.2, 0.25) is 15.9 Å². The van der Waals surface area contributed by atoms with Crippen LogP contribution in [0.3, 0.4) is 0 Å². The number of hydrogen-bond acceptors (Lipinski definition) is 5. The number of sulfonamides is 1. The Bertz CT molecular complexity index is 629. The van der Waals surface area contributed by atoms with Gasteiger partial charge in [-0.3, -0.25) is 9.52 Å². The van der Waals surface area contributed by atoms with Crippen LogP contribution in [0.4, 0.5) is 11.4 Å². The molecule has 1 heterocycles. The molecule has 1 unspecified atom stereocenters. The second-order valence-corrected chi connectivity index (χ2v) is 6.80. The number of ether oxygens (including phenoxy) is 1. The Morgan fingerprint density at radius 3 is 2.86 bits per heavy atom. The zero-order valence-corrected chi connectivity index (χ0v) is 12.9. The van der Waals surface area contributed by atoms with E-state index in [1.807, 2.05) is 0 Å². The van der Waals surface area contributed by atoms with E-state index in [9.17, 15) is 13.2 Å². The number of carbonyl (C=O) groups is 1. The Morgan fingerprint density at radius 1 is 1.48 bits per heavy atom. The number of halogens is 1. The fourth-order valence-corrected chi connectivity index (χ4v) is 2.57. The summed E-state index contributed by atoms with van der Waals surface area (Å²) in [6, 6.07) is 4.03. The molecule has 3 N–H and O–H groups in total. The number of amides is 1. The zero-order valence-electron chi connectivity index (χ0n) is 11.3. The third-order valence-electron chi connectivity index (χ3n) is 2.77. The highest BCUT2D eigenvalue weighted by atomic mass is 35.5. The molecule has 0 spiro atoms. The Hall–Kier alpha value is -1.35. The van der Waals surface area contributed by atoms with Gasteiger partial charge in [-0.25, -0.2) is 8.42 Å². The third kappa shape index (κ3) is 4.85. The highest BCUT2D eigenvalue weighted by Crippen LogP contribution is 2.26. The maximum absolute atomic E-state index is 12.1. The zero-order chi connectivity index (χ0) is 15.5. The predicted molar refractivity (Wildman–Crippen MR) is 81.2 cm³/mol. The minimum atomic E-state index is -3.39. The van der Waals surface area contributed by atoms with Crippen molar-refractivity contribution < 1.29 is 17.9 Å². The minimum Gasteiger partial charge on any atom is -0.378 e. The first-order valence-electron chi connectivity index (χ1n) is 6.24. The molecule has 0 aliphatic carbocycles. The molecule has 1 fully saturated rings. The molecule has 1 atom stereocenters. The van der Waals surface area contributed by atoms with E-state index in [1.54, 1.807) is 0 Å².